The van der Waals surface area contributed by atoms with Crippen LogP contribution in [0.2, 0.25) is 0 Å². The van der Waals surface area contributed by atoms with Crippen LogP contribution in [-0.4, -0.2) is 28.0 Å². The SMILES string of the molecule is CCCCCCOc1ccc(C(=O)Nc2ccc(S(=O)(=O)Nc3ccc(OC)cc3)cc2)cc1. The smallest absolute Gasteiger partial charge is 0.261 e. The van der Waals surface area contributed by atoms with Crippen molar-refractivity contribution in [1.29, 1.82) is 0 Å². The minimum Gasteiger partial charge on any atom is -0.497 e. The van der Waals surface area contributed by atoms with Crippen LogP contribution < -0.4 is 19.5 Å². The Labute approximate surface area is 201 Å². The molecule has 34 heavy (non-hydrogen) atoms. The predicted molar refractivity (Wildman–Crippen MR) is 134 cm³/mol. The molecule has 0 bridgehead atoms. The molecule has 0 fully saturated rings. The molecule has 0 saturated heterocycles. The maximum atomic E-state index is 12.6. The Morgan fingerprint density at radius 3 is 2.03 bits per heavy atom. The molecule has 0 heterocycles. The molecular formula is C26H30N2O5S. The molecule has 180 valence electrons. The van der Waals surface area contributed by atoms with Crippen LogP contribution in [0.4, 0.5) is 11.4 Å². The summed E-state index contributed by atoms with van der Waals surface area (Å²) in [5, 5.41) is 2.78. The quantitative estimate of drug-likeness (QED) is 0.323. The van der Waals surface area contributed by atoms with Gasteiger partial charge in [0.2, 0.25) is 0 Å². The minimum absolute atomic E-state index is 0.0850. The summed E-state index contributed by atoms with van der Waals surface area (Å²) in [6.07, 6.45) is 4.55. The number of methoxy groups -OCH3 is 1. The van der Waals surface area contributed by atoms with E-state index in [1.165, 1.54) is 25.0 Å². The first-order valence-electron chi connectivity index (χ1n) is 11.2. The van der Waals surface area contributed by atoms with Crippen molar-refractivity contribution in [1.82, 2.24) is 0 Å². The number of hydrogen-bond donors (Lipinski definition) is 2. The fraction of sp³-hybridized carbons (Fsp3) is 0.269. The first-order chi connectivity index (χ1) is 16.4. The van der Waals surface area contributed by atoms with Gasteiger partial charge in [0.15, 0.2) is 0 Å². The second kappa shape index (κ2) is 12.1. The molecular weight excluding hydrogens is 452 g/mol. The predicted octanol–water partition coefficient (Wildman–Crippen LogP) is 5.71. The number of amides is 1. The van der Waals surface area contributed by atoms with Gasteiger partial charge in [-0.1, -0.05) is 26.2 Å². The minimum atomic E-state index is -3.77. The molecule has 0 unspecified atom stereocenters. The van der Waals surface area contributed by atoms with Crippen LogP contribution in [0.1, 0.15) is 43.0 Å². The molecule has 0 aliphatic carbocycles. The number of anilines is 2. The van der Waals surface area contributed by atoms with Crippen molar-refractivity contribution in [2.75, 3.05) is 23.8 Å². The van der Waals surface area contributed by atoms with E-state index >= 15 is 0 Å². The van der Waals surface area contributed by atoms with Crippen LogP contribution in [0.15, 0.2) is 77.7 Å². The number of rotatable bonds is 12. The zero-order valence-electron chi connectivity index (χ0n) is 19.4. The van der Waals surface area contributed by atoms with Crippen molar-refractivity contribution in [3.63, 3.8) is 0 Å². The second-order valence-corrected chi connectivity index (χ2v) is 9.43. The van der Waals surface area contributed by atoms with Crippen LogP contribution in [0, 0.1) is 0 Å². The summed E-state index contributed by atoms with van der Waals surface area (Å²) >= 11 is 0. The van der Waals surface area contributed by atoms with Gasteiger partial charge >= 0.3 is 0 Å². The molecule has 0 saturated carbocycles. The Morgan fingerprint density at radius 2 is 1.41 bits per heavy atom. The van der Waals surface area contributed by atoms with Gasteiger partial charge in [-0.15, -0.1) is 0 Å². The molecule has 0 spiro atoms. The third-order valence-electron chi connectivity index (χ3n) is 5.15. The van der Waals surface area contributed by atoms with Crippen molar-refractivity contribution in [3.05, 3.63) is 78.4 Å². The van der Waals surface area contributed by atoms with Crippen LogP contribution in [0.3, 0.4) is 0 Å². The summed E-state index contributed by atoms with van der Waals surface area (Å²) in [4.78, 5) is 12.6. The molecule has 3 aromatic rings. The number of sulfonamides is 1. The van der Waals surface area contributed by atoms with Crippen LogP contribution in [-0.2, 0) is 10.0 Å². The van der Waals surface area contributed by atoms with Crippen LogP contribution >= 0.6 is 0 Å². The monoisotopic (exact) mass is 482 g/mol. The highest BCUT2D eigenvalue weighted by Gasteiger charge is 2.15. The van der Waals surface area contributed by atoms with E-state index in [1.807, 2.05) is 0 Å². The Kier molecular flexibility index (Phi) is 8.93. The average molecular weight is 483 g/mol. The van der Waals surface area contributed by atoms with Gasteiger partial charge in [0.05, 0.1) is 18.6 Å². The molecule has 3 rings (SSSR count). The van der Waals surface area contributed by atoms with Crippen molar-refractivity contribution >= 4 is 27.3 Å². The van der Waals surface area contributed by atoms with Gasteiger partial charge in [0.25, 0.3) is 15.9 Å². The lowest BCUT2D eigenvalue weighted by molar-refractivity contribution is 0.102. The summed E-state index contributed by atoms with van der Waals surface area (Å²) < 4.78 is 38.6. The van der Waals surface area contributed by atoms with E-state index in [1.54, 1.807) is 67.8 Å². The fourth-order valence-corrected chi connectivity index (χ4v) is 4.27. The van der Waals surface area contributed by atoms with E-state index in [2.05, 4.69) is 17.0 Å². The van der Waals surface area contributed by atoms with E-state index in [4.69, 9.17) is 9.47 Å². The Bertz CT molecular complexity index is 1160. The largest absolute Gasteiger partial charge is 0.497 e. The number of benzene rings is 3. The Hall–Kier alpha value is -3.52. The summed E-state index contributed by atoms with van der Waals surface area (Å²) in [7, 11) is -2.22. The van der Waals surface area contributed by atoms with Crippen LogP contribution in [0.25, 0.3) is 0 Å². The first kappa shape index (κ1) is 25.1. The highest BCUT2D eigenvalue weighted by Crippen LogP contribution is 2.21. The van der Waals surface area contributed by atoms with Crippen molar-refractivity contribution in [3.8, 4) is 11.5 Å². The molecule has 0 aliphatic heterocycles. The van der Waals surface area contributed by atoms with Crippen molar-refractivity contribution < 1.29 is 22.7 Å². The number of carbonyl (C=O) groups excluding carboxylic acids is 1. The molecule has 0 atom stereocenters. The third kappa shape index (κ3) is 7.25. The Morgan fingerprint density at radius 1 is 0.794 bits per heavy atom. The summed E-state index contributed by atoms with van der Waals surface area (Å²) in [6, 6.07) is 19.5. The van der Waals surface area contributed by atoms with Gasteiger partial charge in [0, 0.05) is 16.9 Å². The van der Waals surface area contributed by atoms with Gasteiger partial charge in [-0.05, 0) is 79.2 Å². The van der Waals surface area contributed by atoms with Crippen molar-refractivity contribution in [2.24, 2.45) is 0 Å². The van der Waals surface area contributed by atoms with Crippen molar-refractivity contribution in [2.45, 2.75) is 37.5 Å². The molecule has 0 aliphatic rings. The summed E-state index contributed by atoms with van der Waals surface area (Å²) in [5.41, 5.74) is 1.40. The second-order valence-electron chi connectivity index (χ2n) is 7.75. The van der Waals surface area contributed by atoms with E-state index in [0.29, 0.717) is 29.3 Å². The van der Waals surface area contributed by atoms with Gasteiger partial charge < -0.3 is 14.8 Å². The number of ether oxygens (including phenoxy) is 2. The maximum absolute atomic E-state index is 12.6. The van der Waals surface area contributed by atoms with Crippen LogP contribution in [0.5, 0.6) is 11.5 Å². The number of unbranched alkanes of at least 4 members (excludes halogenated alkanes) is 3. The summed E-state index contributed by atoms with van der Waals surface area (Å²) in [6.45, 7) is 2.83. The molecule has 2 N–H and O–H groups in total. The normalized spacial score (nSPS) is 11.0. The lowest BCUT2D eigenvalue weighted by Crippen LogP contribution is -2.14. The standard InChI is InChI=1S/C26H30N2O5S/c1-3-4-5-6-19-33-24-13-7-20(8-14-24)26(29)27-21-11-17-25(18-12-21)34(30,31)28-22-9-15-23(32-2)16-10-22/h7-18,28H,3-6,19H2,1-2H3,(H,27,29). The average Bonchev–Trinajstić information content (AvgIpc) is 2.85. The van der Waals surface area contributed by atoms with Gasteiger partial charge in [-0.3, -0.25) is 9.52 Å². The highest BCUT2D eigenvalue weighted by atomic mass is 32.2. The lowest BCUT2D eigenvalue weighted by atomic mass is 10.2. The van der Waals surface area contributed by atoms with E-state index < -0.39 is 10.0 Å². The maximum Gasteiger partial charge on any atom is 0.261 e. The third-order valence-corrected chi connectivity index (χ3v) is 6.55. The molecule has 0 aromatic heterocycles. The summed E-state index contributed by atoms with van der Waals surface area (Å²) in [5.74, 6) is 1.07. The lowest BCUT2D eigenvalue weighted by Gasteiger charge is -2.10. The molecule has 0 radical (unpaired) electrons. The zero-order valence-corrected chi connectivity index (χ0v) is 20.2. The van der Waals surface area contributed by atoms with E-state index in [0.717, 1.165) is 18.6 Å². The number of carbonyl (C=O) groups is 1. The van der Waals surface area contributed by atoms with Gasteiger partial charge in [0.1, 0.15) is 11.5 Å². The fourth-order valence-electron chi connectivity index (χ4n) is 3.22. The molecule has 7 nitrogen and oxygen atoms in total. The molecule has 1 amide bonds. The van der Waals surface area contributed by atoms with Gasteiger partial charge in [-0.25, -0.2) is 8.42 Å². The number of hydrogen-bond acceptors (Lipinski definition) is 5. The zero-order chi connectivity index (χ0) is 24.4. The topological polar surface area (TPSA) is 93.7 Å². The molecule has 3 aromatic carbocycles. The Balaban J connectivity index is 1.55. The van der Waals surface area contributed by atoms with Gasteiger partial charge in [-0.2, -0.15) is 0 Å². The molecule has 8 heteroatoms. The van der Waals surface area contributed by atoms with E-state index in [-0.39, 0.29) is 10.8 Å². The number of nitrogens with one attached hydrogen (secondary N) is 2. The first-order valence-corrected chi connectivity index (χ1v) is 12.7. The highest BCUT2D eigenvalue weighted by molar-refractivity contribution is 7.92. The van der Waals surface area contributed by atoms with E-state index in [9.17, 15) is 13.2 Å².